The molecule has 0 amide bonds. The molecule has 0 radical (unpaired) electrons. The van der Waals surface area contributed by atoms with Gasteiger partial charge in [-0.2, -0.15) is 0 Å². The van der Waals surface area contributed by atoms with Crippen molar-refractivity contribution >= 4 is 28.3 Å². The minimum Gasteiger partial charge on any atom is -0.398 e. The minimum atomic E-state index is 0.249. The zero-order valence-electron chi connectivity index (χ0n) is 7.79. The average Bonchev–Trinajstić information content (AvgIpc) is 2.23. The van der Waals surface area contributed by atoms with Crippen LogP contribution >= 0.6 is 22.6 Å². The van der Waals surface area contributed by atoms with Gasteiger partial charge in [0.25, 0.3) is 0 Å². The molecule has 0 bridgehead atoms. The van der Waals surface area contributed by atoms with Crippen LogP contribution in [0.3, 0.4) is 0 Å². The normalized spacial score (nSPS) is 22.2. The summed E-state index contributed by atoms with van der Waals surface area (Å²) in [5.41, 5.74) is 7.91. The predicted octanol–water partition coefficient (Wildman–Crippen LogP) is 1.53. The molecule has 0 aliphatic carbocycles. The van der Waals surface area contributed by atoms with E-state index in [9.17, 15) is 0 Å². The maximum atomic E-state index is 5.92. The van der Waals surface area contributed by atoms with E-state index in [1.54, 1.807) is 0 Å². The zero-order chi connectivity index (χ0) is 9.97. The fourth-order valence-corrected chi connectivity index (χ4v) is 2.13. The van der Waals surface area contributed by atoms with E-state index in [2.05, 4.69) is 34.0 Å². The monoisotopic (exact) mass is 304 g/mol. The Morgan fingerprint density at radius 1 is 1.50 bits per heavy atom. The van der Waals surface area contributed by atoms with E-state index in [1.807, 2.05) is 12.1 Å². The van der Waals surface area contributed by atoms with Crippen LogP contribution in [-0.2, 0) is 4.74 Å². The van der Waals surface area contributed by atoms with Crippen LogP contribution in [0.5, 0.6) is 0 Å². The standard InChI is InChI=1S/C10H13IN2O/c11-7-1-2-9(12)8(5-7)10-6-14-4-3-13-10/h1-2,5,10,13H,3-4,6,12H2. The number of nitrogens with one attached hydrogen (secondary N) is 1. The zero-order valence-corrected chi connectivity index (χ0v) is 9.95. The first-order valence-corrected chi connectivity index (χ1v) is 5.71. The van der Waals surface area contributed by atoms with E-state index in [1.165, 1.54) is 3.57 Å². The number of halogens is 1. The summed E-state index contributed by atoms with van der Waals surface area (Å²) < 4.78 is 6.62. The quantitative estimate of drug-likeness (QED) is 0.611. The summed E-state index contributed by atoms with van der Waals surface area (Å²) in [6, 6.07) is 6.33. The number of morpholine rings is 1. The highest BCUT2D eigenvalue weighted by molar-refractivity contribution is 14.1. The Morgan fingerprint density at radius 3 is 3.07 bits per heavy atom. The Kier molecular flexibility index (Phi) is 3.25. The molecule has 0 aromatic heterocycles. The lowest BCUT2D eigenvalue weighted by molar-refractivity contribution is 0.0771. The third kappa shape index (κ3) is 2.18. The van der Waals surface area contributed by atoms with E-state index in [0.29, 0.717) is 6.61 Å². The van der Waals surface area contributed by atoms with Gasteiger partial charge in [-0.05, 0) is 46.4 Å². The van der Waals surface area contributed by atoms with Gasteiger partial charge in [0.15, 0.2) is 0 Å². The summed E-state index contributed by atoms with van der Waals surface area (Å²) in [4.78, 5) is 0. The molecule has 1 aliphatic heterocycles. The second-order valence-corrected chi connectivity index (χ2v) is 4.60. The minimum absolute atomic E-state index is 0.249. The van der Waals surface area contributed by atoms with Crippen molar-refractivity contribution in [1.82, 2.24) is 5.32 Å². The van der Waals surface area contributed by atoms with E-state index in [-0.39, 0.29) is 6.04 Å². The molecule has 0 saturated carbocycles. The number of hydrogen-bond donors (Lipinski definition) is 2. The van der Waals surface area contributed by atoms with Crippen molar-refractivity contribution in [3.63, 3.8) is 0 Å². The lowest BCUT2D eigenvalue weighted by Crippen LogP contribution is -2.35. The van der Waals surface area contributed by atoms with E-state index < -0.39 is 0 Å². The molecule has 14 heavy (non-hydrogen) atoms. The van der Waals surface area contributed by atoms with Gasteiger partial charge in [-0.3, -0.25) is 0 Å². The average molecular weight is 304 g/mol. The van der Waals surface area contributed by atoms with Crippen LogP contribution in [0.25, 0.3) is 0 Å². The highest BCUT2D eigenvalue weighted by Gasteiger charge is 2.17. The molecule has 0 spiro atoms. The summed E-state index contributed by atoms with van der Waals surface area (Å²) >= 11 is 2.29. The van der Waals surface area contributed by atoms with Crippen molar-refractivity contribution < 1.29 is 4.74 Å². The van der Waals surface area contributed by atoms with Gasteiger partial charge >= 0.3 is 0 Å². The summed E-state index contributed by atoms with van der Waals surface area (Å²) in [6.45, 7) is 2.40. The molecular weight excluding hydrogens is 291 g/mol. The van der Waals surface area contributed by atoms with Gasteiger partial charge in [-0.25, -0.2) is 0 Å². The first-order valence-electron chi connectivity index (χ1n) is 4.63. The van der Waals surface area contributed by atoms with E-state index in [0.717, 1.165) is 24.4 Å². The fourth-order valence-electron chi connectivity index (χ4n) is 1.61. The number of nitrogens with two attached hydrogens (primary N) is 1. The van der Waals surface area contributed by atoms with Gasteiger partial charge < -0.3 is 15.8 Å². The van der Waals surface area contributed by atoms with Crippen molar-refractivity contribution in [3.05, 3.63) is 27.3 Å². The van der Waals surface area contributed by atoms with Crippen LogP contribution in [0.2, 0.25) is 0 Å². The first-order chi connectivity index (χ1) is 6.77. The van der Waals surface area contributed by atoms with Crippen LogP contribution in [-0.4, -0.2) is 19.8 Å². The van der Waals surface area contributed by atoms with Crippen LogP contribution in [0.1, 0.15) is 11.6 Å². The topological polar surface area (TPSA) is 47.3 Å². The number of rotatable bonds is 1. The third-order valence-corrected chi connectivity index (χ3v) is 3.02. The Hall–Kier alpha value is -0.330. The van der Waals surface area contributed by atoms with Gasteiger partial charge in [0, 0.05) is 15.8 Å². The third-order valence-electron chi connectivity index (χ3n) is 2.35. The second kappa shape index (κ2) is 4.46. The van der Waals surface area contributed by atoms with Gasteiger partial charge in [0.2, 0.25) is 0 Å². The SMILES string of the molecule is Nc1ccc(I)cc1C1COCCN1. The Bertz CT molecular complexity index is 324. The smallest absolute Gasteiger partial charge is 0.0662 e. The molecule has 1 fully saturated rings. The van der Waals surface area contributed by atoms with Crippen molar-refractivity contribution in [3.8, 4) is 0 Å². The number of hydrogen-bond acceptors (Lipinski definition) is 3. The predicted molar refractivity (Wildman–Crippen MR) is 65.1 cm³/mol. The first kappa shape index (κ1) is 10.2. The highest BCUT2D eigenvalue weighted by Crippen LogP contribution is 2.24. The maximum absolute atomic E-state index is 5.92. The Balaban J connectivity index is 2.24. The summed E-state index contributed by atoms with van der Waals surface area (Å²) in [6.07, 6.45) is 0. The fraction of sp³-hybridized carbons (Fsp3) is 0.400. The second-order valence-electron chi connectivity index (χ2n) is 3.35. The van der Waals surface area contributed by atoms with Crippen LogP contribution in [0.4, 0.5) is 5.69 Å². The highest BCUT2D eigenvalue weighted by atomic mass is 127. The van der Waals surface area contributed by atoms with Crippen molar-refractivity contribution in [2.75, 3.05) is 25.5 Å². The summed E-state index contributed by atoms with van der Waals surface area (Å²) in [5, 5.41) is 3.40. The van der Waals surface area contributed by atoms with Crippen molar-refractivity contribution in [2.45, 2.75) is 6.04 Å². The molecule has 1 aliphatic rings. The molecule has 1 aromatic carbocycles. The molecule has 76 valence electrons. The molecule has 1 unspecified atom stereocenters. The molecule has 1 heterocycles. The van der Waals surface area contributed by atoms with Gasteiger partial charge in [-0.15, -0.1) is 0 Å². The number of anilines is 1. The lowest BCUT2D eigenvalue weighted by atomic mass is 10.1. The van der Waals surface area contributed by atoms with Gasteiger partial charge in [0.1, 0.15) is 0 Å². The summed E-state index contributed by atoms with van der Waals surface area (Å²) in [7, 11) is 0. The number of nitrogen functional groups attached to an aromatic ring is 1. The molecule has 2 rings (SSSR count). The van der Waals surface area contributed by atoms with Crippen molar-refractivity contribution in [2.24, 2.45) is 0 Å². The van der Waals surface area contributed by atoms with Crippen LogP contribution in [0, 0.1) is 3.57 Å². The number of ether oxygens (including phenoxy) is 1. The molecule has 3 nitrogen and oxygen atoms in total. The molecular formula is C10H13IN2O. The van der Waals surface area contributed by atoms with E-state index >= 15 is 0 Å². The molecule has 3 N–H and O–H groups in total. The number of benzene rings is 1. The van der Waals surface area contributed by atoms with E-state index in [4.69, 9.17) is 10.5 Å². The molecule has 4 heteroatoms. The van der Waals surface area contributed by atoms with Gasteiger partial charge in [0.05, 0.1) is 19.3 Å². The largest absolute Gasteiger partial charge is 0.398 e. The maximum Gasteiger partial charge on any atom is 0.0662 e. The van der Waals surface area contributed by atoms with Crippen LogP contribution in [0.15, 0.2) is 18.2 Å². The lowest BCUT2D eigenvalue weighted by Gasteiger charge is -2.25. The molecule has 1 aromatic rings. The van der Waals surface area contributed by atoms with Gasteiger partial charge in [-0.1, -0.05) is 0 Å². The van der Waals surface area contributed by atoms with Crippen molar-refractivity contribution in [1.29, 1.82) is 0 Å². The Labute approximate surface area is 97.2 Å². The molecule has 1 atom stereocenters. The molecule has 1 saturated heterocycles. The Morgan fingerprint density at radius 2 is 2.36 bits per heavy atom. The van der Waals surface area contributed by atoms with Crippen LogP contribution < -0.4 is 11.1 Å². The summed E-state index contributed by atoms with van der Waals surface area (Å²) in [5.74, 6) is 0.